The molecule has 5 heteroatoms. The molecule has 0 aliphatic heterocycles. The van der Waals surface area contributed by atoms with E-state index in [0.29, 0.717) is 25.3 Å². The second kappa shape index (κ2) is 6.34. The Morgan fingerprint density at radius 3 is 2.45 bits per heavy atom. The topological polar surface area (TPSA) is 81.2 Å². The molecule has 0 fully saturated rings. The molecule has 0 spiro atoms. The number of aromatic nitrogens is 1. The van der Waals surface area contributed by atoms with Crippen LogP contribution in [0.1, 0.15) is 28.1 Å². The maximum absolute atomic E-state index is 11.9. The highest BCUT2D eigenvalue weighted by Gasteiger charge is 2.12. The molecule has 0 atom stereocenters. The van der Waals surface area contributed by atoms with E-state index in [1.807, 2.05) is 38.1 Å². The number of nitrogens with one attached hydrogen (secondary N) is 1. The lowest BCUT2D eigenvalue weighted by atomic mass is 10.1. The molecule has 1 heterocycles. The van der Waals surface area contributed by atoms with Crippen molar-refractivity contribution in [3.63, 3.8) is 0 Å². The fraction of sp³-hybridized carbons (Fsp3) is 0.333. The first-order valence-corrected chi connectivity index (χ1v) is 6.56. The smallest absolute Gasteiger partial charge is 0.224 e. The zero-order valence-corrected chi connectivity index (χ0v) is 11.8. The molecule has 0 radical (unpaired) electrons. The summed E-state index contributed by atoms with van der Waals surface area (Å²) < 4.78 is 5.04. The number of aryl methyl sites for hydroxylation is 2. The van der Waals surface area contributed by atoms with Crippen molar-refractivity contribution in [1.29, 1.82) is 0 Å². The maximum atomic E-state index is 11.9. The number of benzene rings is 1. The summed E-state index contributed by atoms with van der Waals surface area (Å²) in [6.45, 7) is 4.69. The van der Waals surface area contributed by atoms with Gasteiger partial charge >= 0.3 is 0 Å². The minimum absolute atomic E-state index is 0.0395. The summed E-state index contributed by atoms with van der Waals surface area (Å²) in [5, 5.41) is 6.73. The molecule has 3 N–H and O–H groups in total. The quantitative estimate of drug-likeness (QED) is 0.867. The zero-order valence-electron chi connectivity index (χ0n) is 11.8. The second-order valence-electron chi connectivity index (χ2n) is 4.78. The van der Waals surface area contributed by atoms with Gasteiger partial charge in [-0.1, -0.05) is 29.4 Å². The highest BCUT2D eigenvalue weighted by molar-refractivity contribution is 5.78. The van der Waals surface area contributed by atoms with Crippen molar-refractivity contribution in [3.05, 3.63) is 52.4 Å². The van der Waals surface area contributed by atoms with E-state index >= 15 is 0 Å². The molecular formula is C15H19N3O2. The van der Waals surface area contributed by atoms with Crippen LogP contribution in [0.3, 0.4) is 0 Å². The lowest BCUT2D eigenvalue weighted by Gasteiger charge is -2.06. The van der Waals surface area contributed by atoms with Crippen LogP contribution < -0.4 is 11.1 Å². The molecule has 1 amide bonds. The molecule has 1 aromatic heterocycles. The Labute approximate surface area is 118 Å². The van der Waals surface area contributed by atoms with Gasteiger partial charge in [-0.05, 0) is 25.0 Å². The van der Waals surface area contributed by atoms with Gasteiger partial charge in [0, 0.05) is 18.7 Å². The monoisotopic (exact) mass is 273 g/mol. The third kappa shape index (κ3) is 3.45. The lowest BCUT2D eigenvalue weighted by molar-refractivity contribution is -0.120. The average Bonchev–Trinajstić information content (AvgIpc) is 2.77. The number of amides is 1. The highest BCUT2D eigenvalue weighted by atomic mass is 16.5. The van der Waals surface area contributed by atoms with Crippen molar-refractivity contribution < 1.29 is 9.32 Å². The predicted molar refractivity (Wildman–Crippen MR) is 75.9 cm³/mol. The molecule has 0 unspecified atom stereocenters. The molecule has 2 aromatic rings. The summed E-state index contributed by atoms with van der Waals surface area (Å²) in [6, 6.07) is 7.88. The summed E-state index contributed by atoms with van der Waals surface area (Å²) in [6.07, 6.45) is 0.294. The number of carbonyl (C=O) groups is 1. The van der Waals surface area contributed by atoms with Gasteiger partial charge in [-0.15, -0.1) is 0 Å². The third-order valence-electron chi connectivity index (χ3n) is 3.27. The molecule has 20 heavy (non-hydrogen) atoms. The first-order chi connectivity index (χ1) is 9.60. The standard InChI is InChI=1S/C15H19N3O2/c1-10-14(11(2)20-18-10)7-15(19)17-9-13-5-3-12(8-16)4-6-13/h3-6H,7-9,16H2,1-2H3,(H,17,19). The van der Waals surface area contributed by atoms with Gasteiger partial charge < -0.3 is 15.6 Å². The van der Waals surface area contributed by atoms with E-state index in [-0.39, 0.29) is 5.91 Å². The maximum Gasteiger partial charge on any atom is 0.224 e. The van der Waals surface area contributed by atoms with Crippen molar-refractivity contribution in [2.24, 2.45) is 5.73 Å². The van der Waals surface area contributed by atoms with Crippen molar-refractivity contribution in [2.45, 2.75) is 33.4 Å². The number of hydrogen-bond acceptors (Lipinski definition) is 4. The Bertz CT molecular complexity index is 568. The average molecular weight is 273 g/mol. The molecule has 1 aromatic carbocycles. The van der Waals surface area contributed by atoms with Gasteiger partial charge in [-0.3, -0.25) is 4.79 Å². The van der Waals surface area contributed by atoms with Gasteiger partial charge in [-0.25, -0.2) is 0 Å². The molecule has 106 valence electrons. The predicted octanol–water partition coefficient (Wildman–Crippen LogP) is 1.61. The molecule has 5 nitrogen and oxygen atoms in total. The summed E-state index contributed by atoms with van der Waals surface area (Å²) in [4.78, 5) is 11.9. The van der Waals surface area contributed by atoms with Gasteiger partial charge in [-0.2, -0.15) is 0 Å². The molecular weight excluding hydrogens is 254 g/mol. The number of hydrogen-bond donors (Lipinski definition) is 2. The van der Waals surface area contributed by atoms with Crippen LogP contribution >= 0.6 is 0 Å². The summed E-state index contributed by atoms with van der Waals surface area (Å²) in [7, 11) is 0. The van der Waals surface area contributed by atoms with Crippen molar-refractivity contribution in [3.8, 4) is 0 Å². The van der Waals surface area contributed by atoms with Crippen molar-refractivity contribution in [2.75, 3.05) is 0 Å². The van der Waals surface area contributed by atoms with Crippen LogP contribution in [0.4, 0.5) is 0 Å². The number of nitrogens with zero attached hydrogens (tertiary/aromatic N) is 1. The second-order valence-corrected chi connectivity index (χ2v) is 4.78. The van der Waals surface area contributed by atoms with E-state index in [4.69, 9.17) is 10.3 Å². The molecule has 2 rings (SSSR count). The van der Waals surface area contributed by atoms with E-state index in [1.54, 1.807) is 0 Å². The van der Waals surface area contributed by atoms with E-state index < -0.39 is 0 Å². The normalized spacial score (nSPS) is 10.6. The SMILES string of the molecule is Cc1noc(C)c1CC(=O)NCc1ccc(CN)cc1. The van der Waals surface area contributed by atoms with Crippen LogP contribution in [0, 0.1) is 13.8 Å². The third-order valence-corrected chi connectivity index (χ3v) is 3.27. The summed E-state index contributed by atoms with van der Waals surface area (Å²) in [5.41, 5.74) is 9.30. The van der Waals surface area contributed by atoms with Crippen molar-refractivity contribution >= 4 is 5.91 Å². The first-order valence-electron chi connectivity index (χ1n) is 6.56. The first kappa shape index (κ1) is 14.3. The van der Waals surface area contributed by atoms with Gasteiger partial charge in [0.05, 0.1) is 12.1 Å². The minimum atomic E-state index is -0.0395. The molecule has 0 aliphatic rings. The van der Waals surface area contributed by atoms with Crippen LogP contribution in [0.25, 0.3) is 0 Å². The summed E-state index contributed by atoms with van der Waals surface area (Å²) in [5.74, 6) is 0.659. The fourth-order valence-corrected chi connectivity index (χ4v) is 1.97. The minimum Gasteiger partial charge on any atom is -0.361 e. The van der Waals surface area contributed by atoms with Gasteiger partial charge in [0.1, 0.15) is 5.76 Å². The van der Waals surface area contributed by atoms with E-state index in [2.05, 4.69) is 10.5 Å². The van der Waals surface area contributed by atoms with Gasteiger partial charge in [0.2, 0.25) is 5.91 Å². The number of carbonyl (C=O) groups excluding carboxylic acids is 1. The zero-order chi connectivity index (χ0) is 14.5. The van der Waals surface area contributed by atoms with Crippen LogP contribution in [0.2, 0.25) is 0 Å². The van der Waals surface area contributed by atoms with E-state index in [1.165, 1.54) is 0 Å². The molecule has 0 saturated heterocycles. The fourth-order valence-electron chi connectivity index (χ4n) is 1.97. The number of nitrogens with two attached hydrogens (primary N) is 1. The summed E-state index contributed by atoms with van der Waals surface area (Å²) >= 11 is 0. The number of rotatable bonds is 5. The van der Waals surface area contributed by atoms with Crippen LogP contribution in [0.5, 0.6) is 0 Å². The largest absolute Gasteiger partial charge is 0.361 e. The Morgan fingerprint density at radius 1 is 1.25 bits per heavy atom. The van der Waals surface area contributed by atoms with Crippen molar-refractivity contribution in [1.82, 2.24) is 10.5 Å². The molecule has 0 saturated carbocycles. The molecule has 0 bridgehead atoms. The van der Waals surface area contributed by atoms with E-state index in [9.17, 15) is 4.79 Å². The van der Waals surface area contributed by atoms with Gasteiger partial charge in [0.25, 0.3) is 0 Å². The lowest BCUT2D eigenvalue weighted by Crippen LogP contribution is -2.24. The Morgan fingerprint density at radius 2 is 1.90 bits per heavy atom. The molecule has 0 aliphatic carbocycles. The Balaban J connectivity index is 1.89. The Hall–Kier alpha value is -2.14. The van der Waals surface area contributed by atoms with Gasteiger partial charge in [0.15, 0.2) is 0 Å². The van der Waals surface area contributed by atoms with E-state index in [0.717, 1.165) is 22.4 Å². The van der Waals surface area contributed by atoms with Crippen LogP contribution in [-0.4, -0.2) is 11.1 Å². The highest BCUT2D eigenvalue weighted by Crippen LogP contribution is 2.12. The van der Waals surface area contributed by atoms with Crippen LogP contribution in [-0.2, 0) is 24.3 Å². The Kier molecular flexibility index (Phi) is 4.53. The van der Waals surface area contributed by atoms with Crippen LogP contribution in [0.15, 0.2) is 28.8 Å².